The molecule has 1 saturated heterocycles. The Hall–Kier alpha value is -3.55. The van der Waals surface area contributed by atoms with Crippen LogP contribution in [-0.2, 0) is 4.79 Å². The molecule has 2 fully saturated rings. The van der Waals surface area contributed by atoms with E-state index in [-0.39, 0.29) is 23.6 Å². The summed E-state index contributed by atoms with van der Waals surface area (Å²) in [6, 6.07) is 12.9. The molecular formula is C30H40N4O4. The van der Waals surface area contributed by atoms with E-state index in [1.54, 1.807) is 36.3 Å². The van der Waals surface area contributed by atoms with Crippen LogP contribution in [-0.4, -0.2) is 73.9 Å². The van der Waals surface area contributed by atoms with Crippen LogP contribution >= 0.6 is 0 Å². The lowest BCUT2D eigenvalue weighted by Crippen LogP contribution is -2.36. The Morgan fingerprint density at radius 3 is 2.29 bits per heavy atom. The van der Waals surface area contributed by atoms with Gasteiger partial charge in [-0.25, -0.2) is 0 Å². The molecule has 0 unspecified atom stereocenters. The van der Waals surface area contributed by atoms with Crippen LogP contribution in [0.2, 0.25) is 0 Å². The zero-order chi connectivity index (χ0) is 27.1. The molecule has 1 aliphatic carbocycles. The van der Waals surface area contributed by atoms with Gasteiger partial charge in [0.15, 0.2) is 0 Å². The molecule has 1 heterocycles. The minimum absolute atomic E-state index is 0.00100. The Bertz CT molecular complexity index is 1120. The van der Waals surface area contributed by atoms with E-state index in [2.05, 4.69) is 10.2 Å². The van der Waals surface area contributed by atoms with Crippen LogP contribution in [0.3, 0.4) is 0 Å². The Morgan fingerprint density at radius 2 is 1.63 bits per heavy atom. The Morgan fingerprint density at radius 1 is 0.921 bits per heavy atom. The quantitative estimate of drug-likeness (QED) is 0.548. The van der Waals surface area contributed by atoms with Crippen LogP contribution in [0.15, 0.2) is 42.5 Å². The van der Waals surface area contributed by atoms with Gasteiger partial charge in [-0.3, -0.25) is 14.4 Å². The van der Waals surface area contributed by atoms with Gasteiger partial charge < -0.3 is 24.8 Å². The van der Waals surface area contributed by atoms with Crippen molar-refractivity contribution in [3.8, 4) is 5.75 Å². The van der Waals surface area contributed by atoms with Gasteiger partial charge in [0.05, 0.1) is 12.7 Å². The third-order valence-electron chi connectivity index (χ3n) is 7.73. The Kier molecular flexibility index (Phi) is 9.26. The average Bonchev–Trinajstić information content (AvgIpc) is 3.39. The van der Waals surface area contributed by atoms with Gasteiger partial charge >= 0.3 is 0 Å². The fourth-order valence-corrected chi connectivity index (χ4v) is 5.45. The number of hydrogen-bond acceptors (Lipinski definition) is 5. The molecule has 4 rings (SSSR count). The molecule has 0 bridgehead atoms. The highest BCUT2D eigenvalue weighted by Crippen LogP contribution is 2.30. The molecule has 0 atom stereocenters. The second-order valence-corrected chi connectivity index (χ2v) is 10.0. The van der Waals surface area contributed by atoms with Crippen LogP contribution in [0.25, 0.3) is 0 Å². The number of nitrogens with one attached hydrogen (secondary N) is 1. The predicted molar refractivity (Wildman–Crippen MR) is 150 cm³/mol. The first-order valence-electron chi connectivity index (χ1n) is 13.9. The van der Waals surface area contributed by atoms with E-state index in [9.17, 15) is 14.4 Å². The number of benzene rings is 2. The van der Waals surface area contributed by atoms with Crippen molar-refractivity contribution in [2.24, 2.45) is 5.92 Å². The number of nitrogens with zero attached hydrogens (tertiary/aromatic N) is 3. The van der Waals surface area contributed by atoms with Crippen molar-refractivity contribution in [3.05, 3.63) is 53.6 Å². The second kappa shape index (κ2) is 12.8. The molecule has 2 aromatic rings. The van der Waals surface area contributed by atoms with E-state index < -0.39 is 0 Å². The van der Waals surface area contributed by atoms with Gasteiger partial charge in [0.25, 0.3) is 11.8 Å². The number of ether oxygens (including phenoxy) is 1. The molecule has 1 aliphatic heterocycles. The van der Waals surface area contributed by atoms with Crippen molar-refractivity contribution in [1.82, 2.24) is 9.80 Å². The standard InChI is InChI=1S/C30H40N4O4/c1-4-32(5-2)30(37)26-21-24(31-28(35)22-9-6-7-10-22)13-16-27(26)33-17-8-18-34(20-19-33)29(36)23-11-14-25(38-3)15-12-23/h11-16,21-22H,4-10,17-20H2,1-3H3,(H,31,35). The minimum Gasteiger partial charge on any atom is -0.497 e. The fraction of sp³-hybridized carbons (Fsp3) is 0.500. The summed E-state index contributed by atoms with van der Waals surface area (Å²) in [6.45, 7) is 7.73. The third-order valence-corrected chi connectivity index (χ3v) is 7.73. The van der Waals surface area contributed by atoms with Gasteiger partial charge in [-0.15, -0.1) is 0 Å². The molecule has 0 radical (unpaired) electrons. The summed E-state index contributed by atoms with van der Waals surface area (Å²) < 4.78 is 5.21. The fourth-order valence-electron chi connectivity index (χ4n) is 5.45. The van der Waals surface area contributed by atoms with E-state index in [1.165, 1.54) is 0 Å². The summed E-state index contributed by atoms with van der Waals surface area (Å²) in [6.07, 6.45) is 4.83. The maximum absolute atomic E-state index is 13.6. The van der Waals surface area contributed by atoms with Crippen LogP contribution in [0.1, 0.15) is 66.7 Å². The van der Waals surface area contributed by atoms with E-state index >= 15 is 0 Å². The van der Waals surface area contributed by atoms with Crippen molar-refractivity contribution in [3.63, 3.8) is 0 Å². The molecular weight excluding hydrogens is 480 g/mol. The Balaban J connectivity index is 1.53. The van der Waals surface area contributed by atoms with E-state index in [0.29, 0.717) is 49.5 Å². The normalized spacial score (nSPS) is 16.2. The van der Waals surface area contributed by atoms with Crippen LogP contribution in [0.5, 0.6) is 5.75 Å². The van der Waals surface area contributed by atoms with Gasteiger partial charge in [0.1, 0.15) is 5.75 Å². The van der Waals surface area contributed by atoms with Crippen LogP contribution in [0, 0.1) is 5.92 Å². The molecule has 8 nitrogen and oxygen atoms in total. The monoisotopic (exact) mass is 520 g/mol. The highest BCUT2D eigenvalue weighted by Gasteiger charge is 2.26. The van der Waals surface area contributed by atoms with E-state index in [1.807, 2.05) is 36.9 Å². The first-order chi connectivity index (χ1) is 18.4. The first kappa shape index (κ1) is 27.5. The van der Waals surface area contributed by atoms with Gasteiger partial charge in [-0.1, -0.05) is 12.8 Å². The average molecular weight is 521 g/mol. The molecule has 3 amide bonds. The maximum Gasteiger partial charge on any atom is 0.256 e. The smallest absolute Gasteiger partial charge is 0.256 e. The lowest BCUT2D eigenvalue weighted by Gasteiger charge is -2.28. The topological polar surface area (TPSA) is 82.2 Å². The van der Waals surface area contributed by atoms with Crippen molar-refractivity contribution < 1.29 is 19.1 Å². The summed E-state index contributed by atoms with van der Waals surface area (Å²) in [5.74, 6) is 0.767. The third kappa shape index (κ3) is 6.29. The first-order valence-corrected chi connectivity index (χ1v) is 13.9. The molecule has 38 heavy (non-hydrogen) atoms. The van der Waals surface area contributed by atoms with E-state index in [0.717, 1.165) is 50.1 Å². The highest BCUT2D eigenvalue weighted by atomic mass is 16.5. The minimum atomic E-state index is -0.0441. The number of amides is 3. The van der Waals surface area contributed by atoms with Crippen LogP contribution < -0.4 is 15.0 Å². The number of carbonyl (C=O) groups excluding carboxylic acids is 3. The number of hydrogen-bond donors (Lipinski definition) is 1. The van der Waals surface area contributed by atoms with Gasteiger partial charge in [-0.05, 0) is 75.6 Å². The van der Waals surface area contributed by atoms with Gasteiger partial charge in [0, 0.05) is 62.1 Å². The molecule has 2 aromatic carbocycles. The lowest BCUT2D eigenvalue weighted by molar-refractivity contribution is -0.119. The zero-order valence-corrected chi connectivity index (χ0v) is 22.9. The SMILES string of the molecule is CCN(CC)C(=O)c1cc(NC(=O)C2CCCC2)ccc1N1CCCN(C(=O)c2ccc(OC)cc2)CC1. The molecule has 1 saturated carbocycles. The zero-order valence-electron chi connectivity index (χ0n) is 22.9. The summed E-state index contributed by atoms with van der Waals surface area (Å²) in [5, 5.41) is 3.05. The molecule has 2 aliphatic rings. The summed E-state index contributed by atoms with van der Waals surface area (Å²) in [5.41, 5.74) is 2.73. The molecule has 204 valence electrons. The number of anilines is 2. The number of rotatable bonds is 8. The number of carbonyl (C=O) groups is 3. The van der Waals surface area contributed by atoms with Gasteiger partial charge in [0.2, 0.25) is 5.91 Å². The lowest BCUT2D eigenvalue weighted by atomic mass is 10.1. The van der Waals surface area contributed by atoms with Crippen molar-refractivity contribution in [1.29, 1.82) is 0 Å². The maximum atomic E-state index is 13.6. The van der Waals surface area contributed by atoms with Crippen molar-refractivity contribution >= 4 is 29.1 Å². The highest BCUT2D eigenvalue weighted by molar-refractivity contribution is 6.02. The predicted octanol–water partition coefficient (Wildman–Crippen LogP) is 4.66. The van der Waals surface area contributed by atoms with Crippen molar-refractivity contribution in [2.45, 2.75) is 46.0 Å². The molecule has 0 aromatic heterocycles. The van der Waals surface area contributed by atoms with Crippen molar-refractivity contribution in [2.75, 3.05) is 56.6 Å². The second-order valence-electron chi connectivity index (χ2n) is 10.0. The van der Waals surface area contributed by atoms with Gasteiger partial charge in [-0.2, -0.15) is 0 Å². The summed E-state index contributed by atoms with van der Waals surface area (Å²) >= 11 is 0. The summed E-state index contributed by atoms with van der Waals surface area (Å²) in [7, 11) is 1.61. The van der Waals surface area contributed by atoms with E-state index in [4.69, 9.17) is 4.74 Å². The molecule has 1 N–H and O–H groups in total. The molecule has 0 spiro atoms. The largest absolute Gasteiger partial charge is 0.497 e. The van der Waals surface area contributed by atoms with Crippen LogP contribution in [0.4, 0.5) is 11.4 Å². The molecule has 8 heteroatoms. The summed E-state index contributed by atoms with van der Waals surface area (Å²) in [4.78, 5) is 45.4. The Labute approximate surface area is 225 Å². The number of methoxy groups -OCH3 is 1.